The Labute approximate surface area is 461 Å². The van der Waals surface area contributed by atoms with Gasteiger partial charge in [-0.25, -0.2) is 4.98 Å². The van der Waals surface area contributed by atoms with Gasteiger partial charge in [-0.05, 0) is 150 Å². The van der Waals surface area contributed by atoms with Gasteiger partial charge in [0.15, 0.2) is 0 Å². The van der Waals surface area contributed by atoms with E-state index in [0.29, 0.717) is 0 Å². The Morgan fingerprint density at radius 2 is 0.948 bits per heavy atom. The van der Waals surface area contributed by atoms with Crippen LogP contribution in [-0.2, 0) is 21.7 Å². The molecule has 8 aromatic carbocycles. The van der Waals surface area contributed by atoms with E-state index in [1.807, 2.05) is 23.6 Å². The Kier molecular flexibility index (Phi) is 12.1. The van der Waals surface area contributed by atoms with Crippen LogP contribution >= 0.6 is 11.3 Å². The van der Waals surface area contributed by atoms with Crippen LogP contribution in [0.5, 0.6) is 0 Å². The fourth-order valence-corrected chi connectivity index (χ4v) is 12.9. The summed E-state index contributed by atoms with van der Waals surface area (Å²) in [5, 5.41) is 1.29. The van der Waals surface area contributed by atoms with Gasteiger partial charge in [0.1, 0.15) is 5.82 Å². The molecule has 0 unspecified atom stereocenters. The van der Waals surface area contributed by atoms with Crippen LogP contribution in [0, 0.1) is 0 Å². The molecule has 0 aliphatic carbocycles. The van der Waals surface area contributed by atoms with Crippen molar-refractivity contribution in [3.63, 3.8) is 0 Å². The minimum absolute atomic E-state index is 0.00383. The van der Waals surface area contributed by atoms with Gasteiger partial charge in [-0.2, -0.15) is 0 Å². The summed E-state index contributed by atoms with van der Waals surface area (Å²) in [5.74, 6) is 0.853. The maximum Gasteiger partial charge on any atom is 0.264 e. The van der Waals surface area contributed by atoms with Crippen LogP contribution < -0.4 is 30.4 Å². The van der Waals surface area contributed by atoms with E-state index in [0.717, 1.165) is 45.4 Å². The Morgan fingerprint density at radius 1 is 0.442 bits per heavy atom. The van der Waals surface area contributed by atoms with Crippen LogP contribution in [0.25, 0.3) is 32.3 Å². The summed E-state index contributed by atoms with van der Waals surface area (Å²) in [6, 6.07) is 73.4. The molecule has 2 aliphatic rings. The number of fused-ring (bicyclic) bond motifs is 6. The number of aromatic nitrogens is 1. The largest absolute Gasteiger partial charge is 0.311 e. The lowest BCUT2D eigenvalue weighted by atomic mass is 9.36. The zero-order valence-corrected chi connectivity index (χ0v) is 47.6. The van der Waals surface area contributed by atoms with Crippen molar-refractivity contribution in [1.29, 1.82) is 0 Å². The molecule has 10 aromatic rings. The first kappa shape index (κ1) is 50.2. The van der Waals surface area contributed by atoms with E-state index < -0.39 is 0 Å². The van der Waals surface area contributed by atoms with Crippen molar-refractivity contribution in [2.45, 2.75) is 105 Å². The number of anilines is 9. The smallest absolute Gasteiger partial charge is 0.264 e. The molecule has 0 spiro atoms. The molecule has 0 saturated heterocycles. The molecule has 4 heterocycles. The third-order valence-corrected chi connectivity index (χ3v) is 17.2. The lowest BCUT2D eigenvalue weighted by Crippen LogP contribution is -2.60. The Hall–Kier alpha value is -7.67. The van der Waals surface area contributed by atoms with E-state index in [9.17, 15) is 0 Å². The van der Waals surface area contributed by atoms with E-state index in [1.165, 1.54) is 76.2 Å². The van der Waals surface area contributed by atoms with Gasteiger partial charge in [-0.1, -0.05) is 198 Å². The van der Waals surface area contributed by atoms with Crippen molar-refractivity contribution in [2.24, 2.45) is 0 Å². The fourth-order valence-electron chi connectivity index (χ4n) is 11.6. The molecule has 0 amide bonds. The van der Waals surface area contributed by atoms with Gasteiger partial charge < -0.3 is 9.80 Å². The molecular weight excluding hydrogens is 952 g/mol. The van der Waals surface area contributed by atoms with Crippen molar-refractivity contribution in [1.82, 2.24) is 4.98 Å². The maximum absolute atomic E-state index is 5.14. The minimum atomic E-state index is -0.105. The number of pyridine rings is 1. The number of benzene rings is 8. The summed E-state index contributed by atoms with van der Waals surface area (Å²) in [5.41, 5.74) is 21.5. The van der Waals surface area contributed by atoms with Crippen molar-refractivity contribution in [2.75, 3.05) is 14.7 Å². The van der Waals surface area contributed by atoms with Gasteiger partial charge in [-0.3, -0.25) is 4.90 Å². The van der Waals surface area contributed by atoms with Gasteiger partial charge >= 0.3 is 0 Å². The van der Waals surface area contributed by atoms with Crippen molar-refractivity contribution < 1.29 is 0 Å². The summed E-state index contributed by atoms with van der Waals surface area (Å²) in [7, 11) is 0. The van der Waals surface area contributed by atoms with E-state index in [1.54, 1.807) is 0 Å². The highest BCUT2D eigenvalue weighted by Gasteiger charge is 2.46. The van der Waals surface area contributed by atoms with Crippen LogP contribution in [0.2, 0.25) is 0 Å². The van der Waals surface area contributed by atoms with E-state index in [-0.39, 0.29) is 28.4 Å². The maximum atomic E-state index is 5.14. The van der Waals surface area contributed by atoms with E-state index in [4.69, 9.17) is 4.98 Å². The van der Waals surface area contributed by atoms with E-state index in [2.05, 4.69) is 286 Å². The van der Waals surface area contributed by atoms with Crippen molar-refractivity contribution >= 4 is 95.2 Å². The molecule has 0 fully saturated rings. The van der Waals surface area contributed by atoms with Crippen LogP contribution in [0.1, 0.15) is 105 Å². The highest BCUT2D eigenvalue weighted by atomic mass is 32.1. The summed E-state index contributed by atoms with van der Waals surface area (Å²) < 4.78 is 2.64. The zero-order chi connectivity index (χ0) is 53.8. The van der Waals surface area contributed by atoms with Gasteiger partial charge in [-0.15, -0.1) is 11.3 Å². The molecular formula is C71H69BN4S. The SMILES string of the molecule is CC(C)(C)c1ccc(N(c2ccccn2)c2cc3c(cc2-c2ccccc2)B2c4sc5ccc(C(C)(C)C)cc5c4N(c4ccc(C(C)(C)C)cc4)c4cc(-c5ccccc5)cc(c42)N3c2ccc(C(C)(C)C)cc2)cc1. The topological polar surface area (TPSA) is 22.6 Å². The predicted octanol–water partition coefficient (Wildman–Crippen LogP) is 18.4. The highest BCUT2D eigenvalue weighted by molar-refractivity contribution is 7.33. The molecule has 0 saturated carbocycles. The molecule has 382 valence electrons. The second kappa shape index (κ2) is 18.5. The standard InChI is InChI=1S/C71H69BN4S/c1-68(2,3)49-26-33-53(34-27-49)74-60-45-59(75(64-25-19-20-40-73-64)54-35-28-50(29-36-54)69(4,5)6)56(47-23-17-14-18-24-47)44-58(60)72-65-61(74)41-48(46-21-15-13-16-22-46)42-62(65)76(55-37-30-51(31-38-55)70(7,8)9)66-57-43-52(71(10,11)12)32-39-63(57)77-67(66)72/h13-45H,1-12H3. The van der Waals surface area contributed by atoms with Crippen LogP contribution in [0.4, 0.5) is 51.3 Å². The van der Waals surface area contributed by atoms with Crippen molar-refractivity contribution in [3.05, 3.63) is 223 Å². The van der Waals surface area contributed by atoms with Crippen LogP contribution in [0.3, 0.4) is 0 Å². The number of rotatable bonds is 7. The normalized spacial score (nSPS) is 13.4. The number of hydrogen-bond donors (Lipinski definition) is 0. The Balaban J connectivity index is 1.23. The third-order valence-electron chi connectivity index (χ3n) is 15.9. The highest BCUT2D eigenvalue weighted by Crippen LogP contribution is 2.52. The molecule has 0 atom stereocenters. The average Bonchev–Trinajstić information content (AvgIpc) is 4.07. The van der Waals surface area contributed by atoms with E-state index >= 15 is 0 Å². The summed E-state index contributed by atoms with van der Waals surface area (Å²) in [6.07, 6.45) is 1.91. The second-order valence-corrected chi connectivity index (χ2v) is 26.5. The number of nitrogens with zero attached hydrogens (tertiary/aromatic N) is 4. The first-order valence-electron chi connectivity index (χ1n) is 27.4. The average molecular weight is 1020 g/mol. The molecule has 2 aliphatic heterocycles. The predicted molar refractivity (Wildman–Crippen MR) is 334 cm³/mol. The molecule has 77 heavy (non-hydrogen) atoms. The molecule has 0 bridgehead atoms. The first-order valence-corrected chi connectivity index (χ1v) is 28.2. The number of hydrogen-bond acceptors (Lipinski definition) is 5. The van der Waals surface area contributed by atoms with Gasteiger partial charge in [0, 0.05) is 60.7 Å². The molecule has 0 N–H and O–H groups in total. The fraction of sp³-hybridized carbons (Fsp3) is 0.225. The lowest BCUT2D eigenvalue weighted by Gasteiger charge is -2.44. The second-order valence-electron chi connectivity index (χ2n) is 25.4. The van der Waals surface area contributed by atoms with Crippen molar-refractivity contribution in [3.8, 4) is 22.3 Å². The Bertz CT molecular complexity index is 3820. The Morgan fingerprint density at radius 3 is 1.49 bits per heavy atom. The lowest BCUT2D eigenvalue weighted by molar-refractivity contribution is 0.590. The van der Waals surface area contributed by atoms with Gasteiger partial charge in [0.05, 0.1) is 11.4 Å². The van der Waals surface area contributed by atoms with Crippen LogP contribution in [-0.4, -0.2) is 11.7 Å². The third kappa shape index (κ3) is 8.95. The number of thiophene rings is 1. The molecule has 12 rings (SSSR count). The first-order chi connectivity index (χ1) is 36.7. The summed E-state index contributed by atoms with van der Waals surface area (Å²) in [4.78, 5) is 12.7. The van der Waals surface area contributed by atoms with Crippen LogP contribution in [0.15, 0.2) is 200 Å². The minimum Gasteiger partial charge on any atom is -0.311 e. The molecule has 6 heteroatoms. The van der Waals surface area contributed by atoms with Gasteiger partial charge in [0.2, 0.25) is 0 Å². The summed E-state index contributed by atoms with van der Waals surface area (Å²) >= 11 is 1.96. The monoisotopic (exact) mass is 1020 g/mol. The zero-order valence-electron chi connectivity index (χ0n) is 46.8. The quantitative estimate of drug-likeness (QED) is 0.148. The molecule has 0 radical (unpaired) electrons. The molecule has 4 nitrogen and oxygen atoms in total. The molecule has 2 aromatic heterocycles. The summed E-state index contributed by atoms with van der Waals surface area (Å²) in [6.45, 7) is 27.6. The van der Waals surface area contributed by atoms with Gasteiger partial charge in [0.25, 0.3) is 6.71 Å².